The van der Waals surface area contributed by atoms with Crippen molar-refractivity contribution >= 4 is 15.7 Å². The van der Waals surface area contributed by atoms with Gasteiger partial charge in [0.1, 0.15) is 5.75 Å². The summed E-state index contributed by atoms with van der Waals surface area (Å²) >= 11 is 0. The Morgan fingerprint density at radius 1 is 1.03 bits per heavy atom. The molecule has 1 N–H and O–H groups in total. The molecule has 2 aromatic rings. The first-order valence-corrected chi connectivity index (χ1v) is 11.7. The predicted octanol–water partition coefficient (Wildman–Crippen LogP) is 4.59. The molecule has 0 radical (unpaired) electrons. The third kappa shape index (κ3) is 4.75. The van der Waals surface area contributed by atoms with Crippen LogP contribution in [0.4, 0.5) is 5.69 Å². The maximum Gasteiger partial charge on any atom is 0.241 e. The third-order valence-electron chi connectivity index (χ3n) is 6.07. The number of nitrogens with zero attached hydrogens (tertiary/aromatic N) is 1. The van der Waals surface area contributed by atoms with Crippen LogP contribution in [0.15, 0.2) is 41.3 Å². The average molecular weight is 417 g/mol. The molecule has 0 saturated carbocycles. The lowest BCUT2D eigenvalue weighted by Crippen LogP contribution is -2.32. The second-order valence-corrected chi connectivity index (χ2v) is 9.80. The Labute approximate surface area is 175 Å². The summed E-state index contributed by atoms with van der Waals surface area (Å²) in [5.41, 5.74) is 3.70. The quantitative estimate of drug-likeness (QED) is 0.748. The number of piperidine rings is 1. The van der Waals surface area contributed by atoms with Crippen molar-refractivity contribution in [2.75, 3.05) is 25.1 Å². The Morgan fingerprint density at radius 2 is 1.66 bits per heavy atom. The monoisotopic (exact) mass is 416 g/mol. The average Bonchev–Trinajstić information content (AvgIpc) is 2.70. The van der Waals surface area contributed by atoms with E-state index in [4.69, 9.17) is 4.74 Å². The first-order valence-electron chi connectivity index (χ1n) is 10.2. The van der Waals surface area contributed by atoms with E-state index in [2.05, 4.69) is 28.7 Å². The second kappa shape index (κ2) is 8.76. The first kappa shape index (κ1) is 21.7. The molecule has 158 valence electrons. The molecule has 0 spiro atoms. The van der Waals surface area contributed by atoms with Crippen molar-refractivity contribution in [2.45, 2.75) is 51.5 Å². The zero-order valence-electron chi connectivity index (χ0n) is 18.0. The molecule has 1 saturated heterocycles. The molecule has 1 fully saturated rings. The standard InChI is InChI=1S/C23H32N2O3S/c1-16-12-14-25(15-13-16)21-8-6-20(7-9-21)19(4)24-29(26,27)23-11-10-22(28-5)17(2)18(23)3/h6-11,16,19,24H,12-15H2,1-5H3/t19-/m1/s1. The smallest absolute Gasteiger partial charge is 0.241 e. The van der Waals surface area contributed by atoms with Crippen molar-refractivity contribution in [2.24, 2.45) is 5.92 Å². The molecule has 5 nitrogen and oxygen atoms in total. The van der Waals surface area contributed by atoms with Gasteiger partial charge < -0.3 is 9.64 Å². The molecule has 0 bridgehead atoms. The minimum Gasteiger partial charge on any atom is -0.496 e. The Kier molecular flexibility index (Phi) is 6.54. The van der Waals surface area contributed by atoms with E-state index in [-0.39, 0.29) is 6.04 Å². The summed E-state index contributed by atoms with van der Waals surface area (Å²) in [6.45, 7) is 10.0. The number of rotatable bonds is 6. The molecule has 2 aromatic carbocycles. The number of methoxy groups -OCH3 is 1. The fourth-order valence-corrected chi connectivity index (χ4v) is 5.42. The van der Waals surface area contributed by atoms with Gasteiger partial charge in [-0.3, -0.25) is 0 Å². The zero-order chi connectivity index (χ0) is 21.2. The Bertz CT molecular complexity index is 947. The fraction of sp³-hybridized carbons (Fsp3) is 0.478. The largest absolute Gasteiger partial charge is 0.496 e. The van der Waals surface area contributed by atoms with Gasteiger partial charge in [-0.1, -0.05) is 19.1 Å². The van der Waals surface area contributed by atoms with Crippen molar-refractivity contribution in [3.05, 3.63) is 53.1 Å². The number of benzene rings is 2. The maximum absolute atomic E-state index is 13.0. The summed E-state index contributed by atoms with van der Waals surface area (Å²) in [4.78, 5) is 2.70. The van der Waals surface area contributed by atoms with Gasteiger partial charge in [-0.15, -0.1) is 0 Å². The highest BCUT2D eigenvalue weighted by Crippen LogP contribution is 2.29. The highest BCUT2D eigenvalue weighted by atomic mass is 32.2. The van der Waals surface area contributed by atoms with Crippen LogP contribution in [-0.2, 0) is 10.0 Å². The summed E-state index contributed by atoms with van der Waals surface area (Å²) in [5.74, 6) is 1.49. The van der Waals surface area contributed by atoms with Crippen LogP contribution in [0.1, 0.15) is 49.4 Å². The van der Waals surface area contributed by atoms with Crippen LogP contribution in [0, 0.1) is 19.8 Å². The van der Waals surface area contributed by atoms with E-state index >= 15 is 0 Å². The van der Waals surface area contributed by atoms with E-state index in [9.17, 15) is 8.42 Å². The summed E-state index contributed by atoms with van der Waals surface area (Å²) in [5, 5.41) is 0. The van der Waals surface area contributed by atoms with Crippen LogP contribution < -0.4 is 14.4 Å². The van der Waals surface area contributed by atoms with Crippen molar-refractivity contribution in [3.8, 4) is 5.75 Å². The summed E-state index contributed by atoms with van der Waals surface area (Å²) < 4.78 is 34.1. The van der Waals surface area contributed by atoms with Crippen LogP contribution in [0.5, 0.6) is 5.75 Å². The summed E-state index contributed by atoms with van der Waals surface area (Å²) in [6, 6.07) is 11.2. The minimum absolute atomic E-state index is 0.293. The van der Waals surface area contributed by atoms with Gasteiger partial charge in [0.15, 0.2) is 0 Å². The van der Waals surface area contributed by atoms with Crippen LogP contribution >= 0.6 is 0 Å². The number of ether oxygens (including phenoxy) is 1. The van der Waals surface area contributed by atoms with E-state index in [1.165, 1.54) is 18.5 Å². The van der Waals surface area contributed by atoms with Crippen molar-refractivity contribution in [1.29, 1.82) is 0 Å². The first-order chi connectivity index (χ1) is 13.7. The number of hydrogen-bond acceptors (Lipinski definition) is 4. The van der Waals surface area contributed by atoms with Gasteiger partial charge in [0.05, 0.1) is 12.0 Å². The summed E-state index contributed by atoms with van der Waals surface area (Å²) in [6.07, 6.45) is 2.44. The molecular formula is C23H32N2O3S. The predicted molar refractivity (Wildman–Crippen MR) is 118 cm³/mol. The molecule has 1 heterocycles. The molecule has 1 aliphatic rings. The Hall–Kier alpha value is -2.05. The number of hydrogen-bond donors (Lipinski definition) is 1. The number of anilines is 1. The molecule has 29 heavy (non-hydrogen) atoms. The van der Waals surface area contributed by atoms with Gasteiger partial charge in [-0.25, -0.2) is 13.1 Å². The van der Waals surface area contributed by atoms with Gasteiger partial charge in [0.25, 0.3) is 0 Å². The van der Waals surface area contributed by atoms with Gasteiger partial charge >= 0.3 is 0 Å². The van der Waals surface area contributed by atoms with Crippen molar-refractivity contribution in [3.63, 3.8) is 0 Å². The molecule has 6 heteroatoms. The van der Waals surface area contributed by atoms with Crippen LogP contribution in [0.25, 0.3) is 0 Å². The lowest BCUT2D eigenvalue weighted by Gasteiger charge is -2.32. The molecular weight excluding hydrogens is 384 g/mol. The van der Waals surface area contributed by atoms with Gasteiger partial charge in [-0.05, 0) is 80.5 Å². The molecule has 0 aliphatic carbocycles. The molecule has 1 atom stereocenters. The Morgan fingerprint density at radius 3 is 2.24 bits per heavy atom. The summed E-state index contributed by atoms with van der Waals surface area (Å²) in [7, 11) is -2.05. The lowest BCUT2D eigenvalue weighted by atomic mass is 9.98. The molecule has 0 unspecified atom stereocenters. The topological polar surface area (TPSA) is 58.6 Å². The minimum atomic E-state index is -3.64. The highest BCUT2D eigenvalue weighted by Gasteiger charge is 2.23. The lowest BCUT2D eigenvalue weighted by molar-refractivity contribution is 0.410. The highest BCUT2D eigenvalue weighted by molar-refractivity contribution is 7.89. The number of sulfonamides is 1. The number of nitrogens with one attached hydrogen (secondary N) is 1. The Balaban J connectivity index is 1.74. The van der Waals surface area contributed by atoms with Crippen LogP contribution in [-0.4, -0.2) is 28.6 Å². The molecule has 0 amide bonds. The zero-order valence-corrected chi connectivity index (χ0v) is 18.8. The van der Waals surface area contributed by atoms with Crippen molar-refractivity contribution < 1.29 is 13.2 Å². The van der Waals surface area contributed by atoms with Crippen LogP contribution in [0.3, 0.4) is 0 Å². The van der Waals surface area contributed by atoms with Gasteiger partial charge in [0, 0.05) is 24.8 Å². The van der Waals surface area contributed by atoms with Gasteiger partial charge in [-0.2, -0.15) is 0 Å². The van der Waals surface area contributed by atoms with E-state index < -0.39 is 10.0 Å². The molecule has 1 aliphatic heterocycles. The van der Waals surface area contributed by atoms with Crippen LogP contribution in [0.2, 0.25) is 0 Å². The van der Waals surface area contributed by atoms with Gasteiger partial charge in [0.2, 0.25) is 10.0 Å². The molecule has 3 rings (SSSR count). The normalized spacial score (nSPS) is 16.7. The van der Waals surface area contributed by atoms with E-state index in [1.54, 1.807) is 19.2 Å². The third-order valence-corrected chi connectivity index (χ3v) is 7.76. The van der Waals surface area contributed by atoms with E-state index in [1.807, 2.05) is 32.9 Å². The maximum atomic E-state index is 13.0. The van der Waals surface area contributed by atoms with E-state index in [0.29, 0.717) is 16.2 Å². The second-order valence-electron chi connectivity index (χ2n) is 8.12. The van der Waals surface area contributed by atoms with E-state index in [0.717, 1.165) is 30.1 Å². The SMILES string of the molecule is COc1ccc(S(=O)(=O)N[C@H](C)c2ccc(N3CCC(C)CC3)cc2)c(C)c1C. The van der Waals surface area contributed by atoms with Crippen molar-refractivity contribution in [1.82, 2.24) is 4.72 Å². The molecule has 0 aromatic heterocycles. The fourth-order valence-electron chi connectivity index (χ4n) is 3.89.